The van der Waals surface area contributed by atoms with Crippen LogP contribution in [0.25, 0.3) is 0 Å². The number of anilines is 2. The average molecular weight is 517 g/mol. The minimum atomic E-state index is -0.219. The van der Waals surface area contributed by atoms with E-state index in [2.05, 4.69) is 10.6 Å². The minimum Gasteiger partial charge on any atom is -0.342 e. The molecule has 8 nitrogen and oxygen atoms in total. The van der Waals surface area contributed by atoms with Crippen molar-refractivity contribution in [3.05, 3.63) is 59.7 Å². The predicted molar refractivity (Wildman–Crippen MR) is 146 cm³/mol. The van der Waals surface area contributed by atoms with Gasteiger partial charge in [0, 0.05) is 49.0 Å². The van der Waals surface area contributed by atoms with Gasteiger partial charge in [-0.25, -0.2) is 0 Å². The van der Waals surface area contributed by atoms with Crippen LogP contribution in [0.4, 0.5) is 11.4 Å². The minimum absolute atomic E-state index is 0.0388. The number of rotatable bonds is 7. The first-order chi connectivity index (χ1) is 18.5. The predicted octanol–water partition coefficient (Wildman–Crippen LogP) is 4.08. The molecule has 1 atom stereocenters. The molecular formula is C30H36N4O4. The Kier molecular flexibility index (Phi) is 8.05. The molecule has 0 aromatic heterocycles. The molecule has 0 radical (unpaired) electrons. The largest absolute Gasteiger partial charge is 0.342 e. The molecule has 2 aromatic rings. The molecule has 8 heteroatoms. The molecule has 3 aliphatic rings. The van der Waals surface area contributed by atoms with Crippen LogP contribution in [0, 0.1) is 11.8 Å². The van der Waals surface area contributed by atoms with Gasteiger partial charge >= 0.3 is 0 Å². The van der Waals surface area contributed by atoms with Gasteiger partial charge < -0.3 is 20.4 Å². The molecule has 1 aliphatic carbocycles. The number of amides is 4. The molecule has 0 bridgehead atoms. The Bertz CT molecular complexity index is 1180. The third-order valence-electron chi connectivity index (χ3n) is 7.65. The van der Waals surface area contributed by atoms with E-state index in [-0.39, 0.29) is 41.9 Å². The summed E-state index contributed by atoms with van der Waals surface area (Å²) in [5, 5.41) is 5.87. The normalized spacial score (nSPS) is 19.5. The van der Waals surface area contributed by atoms with Gasteiger partial charge in [-0.3, -0.25) is 19.2 Å². The average Bonchev–Trinajstić information content (AvgIpc) is 3.79. The van der Waals surface area contributed by atoms with Crippen LogP contribution in [-0.2, 0) is 20.8 Å². The Hall–Kier alpha value is -3.68. The van der Waals surface area contributed by atoms with Gasteiger partial charge in [-0.2, -0.15) is 0 Å². The summed E-state index contributed by atoms with van der Waals surface area (Å²) in [6.45, 7) is 2.82. The van der Waals surface area contributed by atoms with Gasteiger partial charge in [-0.15, -0.1) is 0 Å². The number of hydrogen-bond donors (Lipinski definition) is 2. The number of carbonyl (C=O) groups excluding carboxylic acids is 4. The van der Waals surface area contributed by atoms with Crippen LogP contribution in [0.2, 0.25) is 0 Å². The maximum atomic E-state index is 12.9. The van der Waals surface area contributed by atoms with Crippen molar-refractivity contribution in [1.29, 1.82) is 0 Å². The standard InChI is InChI=1S/C30H36N4O4/c35-27(31-25-13-11-23(12-14-25)29(37)33-15-2-1-3-16-33)19-21-6-4-8-26(18-21)32-28(36)24-7-5-17-34(20-24)30(38)22-9-10-22/h4,6,8,11-14,18,22,24H,1-3,5,7,9-10,15-17,19-20H2,(H,31,35)(H,32,36). The zero-order chi connectivity index (χ0) is 26.5. The first kappa shape index (κ1) is 25.9. The van der Waals surface area contributed by atoms with E-state index in [1.807, 2.05) is 34.1 Å². The van der Waals surface area contributed by atoms with Gasteiger partial charge in [-0.05, 0) is 86.9 Å². The first-order valence-corrected chi connectivity index (χ1v) is 13.8. The lowest BCUT2D eigenvalue weighted by molar-refractivity contribution is -0.135. The second-order valence-corrected chi connectivity index (χ2v) is 10.7. The lowest BCUT2D eigenvalue weighted by Crippen LogP contribution is -2.44. The number of nitrogens with one attached hydrogen (secondary N) is 2. The lowest BCUT2D eigenvalue weighted by Gasteiger charge is -2.32. The second-order valence-electron chi connectivity index (χ2n) is 10.7. The van der Waals surface area contributed by atoms with Crippen molar-refractivity contribution in [2.75, 3.05) is 36.8 Å². The number of nitrogens with zero attached hydrogens (tertiary/aromatic N) is 2. The van der Waals surface area contributed by atoms with Crippen LogP contribution in [0.1, 0.15) is 60.9 Å². The van der Waals surface area contributed by atoms with Crippen LogP contribution >= 0.6 is 0 Å². The smallest absolute Gasteiger partial charge is 0.253 e. The number of piperidine rings is 2. The number of benzene rings is 2. The summed E-state index contributed by atoms with van der Waals surface area (Å²) < 4.78 is 0. The van der Waals surface area contributed by atoms with Gasteiger partial charge in [0.1, 0.15) is 0 Å². The molecule has 5 rings (SSSR count). The molecule has 2 heterocycles. The van der Waals surface area contributed by atoms with E-state index in [1.54, 1.807) is 24.3 Å². The van der Waals surface area contributed by atoms with Gasteiger partial charge in [0.2, 0.25) is 17.7 Å². The Balaban J connectivity index is 1.12. The monoisotopic (exact) mass is 516 g/mol. The quantitative estimate of drug-likeness (QED) is 0.579. The van der Waals surface area contributed by atoms with Gasteiger partial charge in [-0.1, -0.05) is 12.1 Å². The van der Waals surface area contributed by atoms with E-state index in [4.69, 9.17) is 0 Å². The van der Waals surface area contributed by atoms with Crippen molar-refractivity contribution in [3.63, 3.8) is 0 Å². The van der Waals surface area contributed by atoms with E-state index in [0.29, 0.717) is 23.5 Å². The molecular weight excluding hydrogens is 480 g/mol. The Labute approximate surface area is 223 Å². The topological polar surface area (TPSA) is 98.8 Å². The molecule has 1 saturated carbocycles. The van der Waals surface area contributed by atoms with Crippen LogP contribution in [-0.4, -0.2) is 59.6 Å². The fourth-order valence-corrected chi connectivity index (χ4v) is 5.35. The fraction of sp³-hybridized carbons (Fsp3) is 0.467. The fourth-order valence-electron chi connectivity index (χ4n) is 5.35. The van der Waals surface area contributed by atoms with Crippen LogP contribution < -0.4 is 10.6 Å². The van der Waals surface area contributed by atoms with Crippen LogP contribution in [0.5, 0.6) is 0 Å². The van der Waals surface area contributed by atoms with E-state index in [9.17, 15) is 19.2 Å². The number of hydrogen-bond acceptors (Lipinski definition) is 4. The van der Waals surface area contributed by atoms with Crippen molar-refractivity contribution in [2.24, 2.45) is 11.8 Å². The number of likely N-dealkylation sites (tertiary alicyclic amines) is 2. The highest BCUT2D eigenvalue weighted by Crippen LogP contribution is 2.32. The Morgan fingerprint density at radius 1 is 0.737 bits per heavy atom. The SMILES string of the molecule is O=C(Cc1cccc(NC(=O)C2CCCN(C(=O)C3CC3)C2)c1)Nc1ccc(C(=O)N2CCCCC2)cc1. The molecule has 2 saturated heterocycles. The summed E-state index contributed by atoms with van der Waals surface area (Å²) in [6, 6.07) is 14.3. The summed E-state index contributed by atoms with van der Waals surface area (Å²) in [4.78, 5) is 54.4. The molecule has 2 aromatic carbocycles. The first-order valence-electron chi connectivity index (χ1n) is 13.8. The molecule has 2 N–H and O–H groups in total. The van der Waals surface area contributed by atoms with E-state index in [1.165, 1.54) is 6.42 Å². The van der Waals surface area contributed by atoms with Crippen molar-refractivity contribution in [3.8, 4) is 0 Å². The molecule has 0 spiro atoms. The third-order valence-corrected chi connectivity index (χ3v) is 7.65. The van der Waals surface area contributed by atoms with Crippen molar-refractivity contribution in [2.45, 2.75) is 51.4 Å². The van der Waals surface area contributed by atoms with Crippen molar-refractivity contribution >= 4 is 35.0 Å². The summed E-state index contributed by atoms with van der Waals surface area (Å²) in [6.07, 6.45) is 6.97. The molecule has 2 aliphatic heterocycles. The molecule has 200 valence electrons. The molecule has 1 unspecified atom stereocenters. The van der Waals surface area contributed by atoms with Gasteiger partial charge in [0.15, 0.2) is 0 Å². The number of carbonyl (C=O) groups is 4. The van der Waals surface area contributed by atoms with Crippen LogP contribution in [0.3, 0.4) is 0 Å². The van der Waals surface area contributed by atoms with E-state index >= 15 is 0 Å². The zero-order valence-corrected chi connectivity index (χ0v) is 21.8. The van der Waals surface area contributed by atoms with Gasteiger partial charge in [0.25, 0.3) is 5.91 Å². The van der Waals surface area contributed by atoms with Crippen molar-refractivity contribution in [1.82, 2.24) is 9.80 Å². The highest BCUT2D eigenvalue weighted by Gasteiger charge is 2.36. The van der Waals surface area contributed by atoms with E-state index < -0.39 is 0 Å². The van der Waals surface area contributed by atoms with Gasteiger partial charge in [0.05, 0.1) is 12.3 Å². The molecule has 4 amide bonds. The lowest BCUT2D eigenvalue weighted by atomic mass is 9.96. The maximum absolute atomic E-state index is 12.9. The summed E-state index contributed by atoms with van der Waals surface area (Å²) in [5.74, 6) is -0.0809. The Morgan fingerprint density at radius 2 is 1.47 bits per heavy atom. The third kappa shape index (κ3) is 6.60. The summed E-state index contributed by atoms with van der Waals surface area (Å²) in [5.41, 5.74) is 2.70. The summed E-state index contributed by atoms with van der Waals surface area (Å²) >= 11 is 0. The highest BCUT2D eigenvalue weighted by molar-refractivity contribution is 5.97. The molecule has 38 heavy (non-hydrogen) atoms. The summed E-state index contributed by atoms with van der Waals surface area (Å²) in [7, 11) is 0. The molecule has 3 fully saturated rings. The van der Waals surface area contributed by atoms with Crippen LogP contribution in [0.15, 0.2) is 48.5 Å². The van der Waals surface area contributed by atoms with Crippen molar-refractivity contribution < 1.29 is 19.2 Å². The van der Waals surface area contributed by atoms with E-state index in [0.717, 1.165) is 63.7 Å². The second kappa shape index (κ2) is 11.8. The maximum Gasteiger partial charge on any atom is 0.253 e. The zero-order valence-electron chi connectivity index (χ0n) is 21.8. The highest BCUT2D eigenvalue weighted by atomic mass is 16.2. The Morgan fingerprint density at radius 3 is 2.21 bits per heavy atom.